The molecule has 0 spiro atoms. The lowest BCUT2D eigenvalue weighted by Gasteiger charge is -2.21. The van der Waals surface area contributed by atoms with Crippen LogP contribution >= 0.6 is 11.3 Å². The molecule has 6 nitrogen and oxygen atoms in total. The number of carbonyl (C=O) groups excluding carboxylic acids is 1. The molecule has 1 amide bonds. The van der Waals surface area contributed by atoms with E-state index in [2.05, 4.69) is 11.6 Å². The van der Waals surface area contributed by atoms with E-state index in [-0.39, 0.29) is 17.3 Å². The van der Waals surface area contributed by atoms with E-state index in [1.54, 1.807) is 26.0 Å². The Morgan fingerprint density at radius 3 is 2.45 bits per heavy atom. The summed E-state index contributed by atoms with van der Waals surface area (Å²) in [5.74, 6) is -0.327. The molecular weight excluding hydrogens is 430 g/mol. The van der Waals surface area contributed by atoms with E-state index in [1.165, 1.54) is 36.4 Å². The highest BCUT2D eigenvalue weighted by molar-refractivity contribution is 7.89. The first-order valence-corrected chi connectivity index (χ1v) is 12.0. The molecule has 0 saturated carbocycles. The third kappa shape index (κ3) is 4.61. The molecule has 0 aliphatic carbocycles. The maximum absolute atomic E-state index is 13.4. The van der Waals surface area contributed by atoms with Crippen LogP contribution in [0.15, 0.2) is 65.4 Å². The van der Waals surface area contributed by atoms with E-state index in [9.17, 15) is 13.2 Å². The zero-order chi connectivity index (χ0) is 22.8. The summed E-state index contributed by atoms with van der Waals surface area (Å²) in [6.07, 6.45) is 1.63. The summed E-state index contributed by atoms with van der Waals surface area (Å²) < 4.78 is 26.7. The fourth-order valence-electron chi connectivity index (χ4n) is 3.08. The van der Waals surface area contributed by atoms with E-state index < -0.39 is 10.0 Å². The molecule has 0 atom stereocenters. The molecule has 0 unspecified atom stereocenters. The van der Waals surface area contributed by atoms with Gasteiger partial charge in [0.15, 0.2) is 5.13 Å². The molecule has 0 fully saturated rings. The number of nitrogens with zero attached hydrogens (tertiary/aromatic N) is 3. The normalized spacial score (nSPS) is 11.5. The molecule has 2 aromatic carbocycles. The molecule has 8 heteroatoms. The highest BCUT2D eigenvalue weighted by Gasteiger charge is 2.26. The van der Waals surface area contributed by atoms with Crippen molar-refractivity contribution < 1.29 is 13.2 Å². The molecular formula is C23H25N3O3S2. The molecule has 1 heterocycles. The van der Waals surface area contributed by atoms with Crippen LogP contribution in [-0.2, 0) is 10.0 Å². The van der Waals surface area contributed by atoms with Crippen LogP contribution in [0, 0.1) is 13.8 Å². The van der Waals surface area contributed by atoms with Crippen LogP contribution < -0.4 is 4.90 Å². The summed E-state index contributed by atoms with van der Waals surface area (Å²) in [7, 11) is -0.740. The Morgan fingerprint density at radius 2 is 1.84 bits per heavy atom. The fraction of sp³-hybridized carbons (Fsp3) is 0.217. The predicted molar refractivity (Wildman–Crippen MR) is 126 cm³/mol. The quantitative estimate of drug-likeness (QED) is 0.492. The van der Waals surface area contributed by atoms with Gasteiger partial charge >= 0.3 is 0 Å². The van der Waals surface area contributed by atoms with Crippen LogP contribution in [0.3, 0.4) is 0 Å². The van der Waals surface area contributed by atoms with Crippen LogP contribution in [-0.4, -0.2) is 44.3 Å². The first-order valence-electron chi connectivity index (χ1n) is 9.64. The van der Waals surface area contributed by atoms with Gasteiger partial charge in [0.1, 0.15) is 0 Å². The predicted octanol–water partition coefficient (Wildman–Crippen LogP) is 4.51. The summed E-state index contributed by atoms with van der Waals surface area (Å²) >= 11 is 1.36. The first-order chi connectivity index (χ1) is 14.7. The number of carbonyl (C=O) groups is 1. The van der Waals surface area contributed by atoms with Gasteiger partial charge in [-0.2, -0.15) is 0 Å². The van der Waals surface area contributed by atoms with E-state index >= 15 is 0 Å². The monoisotopic (exact) mass is 455 g/mol. The summed E-state index contributed by atoms with van der Waals surface area (Å²) in [6, 6.07) is 12.9. The van der Waals surface area contributed by atoms with Crippen molar-refractivity contribution >= 4 is 32.4 Å². The Labute approximate surface area is 187 Å². The van der Waals surface area contributed by atoms with Gasteiger partial charge in [-0.3, -0.25) is 9.69 Å². The Balaban J connectivity index is 2.04. The average molecular weight is 456 g/mol. The zero-order valence-corrected chi connectivity index (χ0v) is 19.6. The number of amides is 1. The van der Waals surface area contributed by atoms with Crippen molar-refractivity contribution in [2.24, 2.45) is 0 Å². The molecule has 0 aliphatic rings. The summed E-state index contributed by atoms with van der Waals surface area (Å²) in [6.45, 7) is 7.56. The minimum absolute atomic E-state index is 0.128. The second-order valence-corrected chi connectivity index (χ2v) is 10.2. The number of aromatic nitrogens is 1. The van der Waals surface area contributed by atoms with Crippen molar-refractivity contribution in [3.05, 3.63) is 77.2 Å². The number of hydrogen-bond donors (Lipinski definition) is 0. The van der Waals surface area contributed by atoms with E-state index in [0.717, 1.165) is 21.1 Å². The maximum Gasteiger partial charge on any atom is 0.260 e. The van der Waals surface area contributed by atoms with Gasteiger partial charge in [-0.25, -0.2) is 17.7 Å². The van der Waals surface area contributed by atoms with Crippen LogP contribution in [0.1, 0.15) is 21.5 Å². The molecule has 0 radical (unpaired) electrons. The number of sulfonamides is 1. The van der Waals surface area contributed by atoms with Crippen molar-refractivity contribution in [2.45, 2.75) is 18.7 Å². The van der Waals surface area contributed by atoms with Gasteiger partial charge in [0.25, 0.3) is 5.91 Å². The summed E-state index contributed by atoms with van der Waals surface area (Å²) in [5, 5.41) is 2.43. The van der Waals surface area contributed by atoms with Crippen LogP contribution in [0.4, 0.5) is 5.13 Å². The van der Waals surface area contributed by atoms with Gasteiger partial charge in [0.2, 0.25) is 10.0 Å². The van der Waals surface area contributed by atoms with Crippen molar-refractivity contribution in [1.29, 1.82) is 0 Å². The van der Waals surface area contributed by atoms with Gasteiger partial charge < -0.3 is 0 Å². The second kappa shape index (κ2) is 9.13. The minimum Gasteiger partial charge on any atom is -0.280 e. The highest BCUT2D eigenvalue weighted by atomic mass is 32.2. The number of anilines is 1. The first kappa shape index (κ1) is 22.9. The van der Waals surface area contributed by atoms with Crippen molar-refractivity contribution in [3.8, 4) is 11.3 Å². The number of rotatable bonds is 7. The third-order valence-corrected chi connectivity index (χ3v) is 7.78. The lowest BCUT2D eigenvalue weighted by molar-refractivity contribution is 0.0989. The number of aryl methyl sites for hydroxylation is 1. The van der Waals surface area contributed by atoms with E-state index in [4.69, 9.17) is 0 Å². The Bertz CT molecular complexity index is 1220. The topological polar surface area (TPSA) is 70.6 Å². The lowest BCUT2D eigenvalue weighted by atomic mass is 10.1. The summed E-state index contributed by atoms with van der Waals surface area (Å²) in [4.78, 5) is 19.7. The molecule has 0 aliphatic heterocycles. The Morgan fingerprint density at radius 1 is 1.16 bits per heavy atom. The van der Waals surface area contributed by atoms with Crippen LogP contribution in [0.2, 0.25) is 0 Å². The lowest BCUT2D eigenvalue weighted by Crippen LogP contribution is -2.31. The van der Waals surface area contributed by atoms with Crippen LogP contribution in [0.25, 0.3) is 11.3 Å². The zero-order valence-electron chi connectivity index (χ0n) is 18.0. The standard InChI is InChI=1S/C23H25N3O3S2/c1-6-12-26(23-24-20(15-30-23)18-10-8-7-9-11-18)22(27)19-13-16(2)17(3)21(14-19)31(28,29)25(4)5/h6-11,13-15H,1,12H2,2-5H3. The van der Waals surface area contributed by atoms with Crippen LogP contribution in [0.5, 0.6) is 0 Å². The van der Waals surface area contributed by atoms with E-state index in [1.807, 2.05) is 35.7 Å². The smallest absolute Gasteiger partial charge is 0.260 e. The molecule has 3 rings (SSSR count). The van der Waals surface area contributed by atoms with Crippen molar-refractivity contribution in [2.75, 3.05) is 25.5 Å². The minimum atomic E-state index is -3.69. The largest absolute Gasteiger partial charge is 0.280 e. The van der Waals surface area contributed by atoms with Gasteiger partial charge in [-0.15, -0.1) is 17.9 Å². The molecule has 1 aromatic heterocycles. The van der Waals surface area contributed by atoms with E-state index in [0.29, 0.717) is 16.3 Å². The van der Waals surface area contributed by atoms with Crippen molar-refractivity contribution in [1.82, 2.24) is 9.29 Å². The molecule has 162 valence electrons. The number of hydrogen-bond acceptors (Lipinski definition) is 5. The molecule has 0 bridgehead atoms. The Kier molecular flexibility index (Phi) is 6.74. The Hall–Kier alpha value is -2.81. The van der Waals surface area contributed by atoms with Gasteiger partial charge in [-0.1, -0.05) is 36.4 Å². The summed E-state index contributed by atoms with van der Waals surface area (Å²) in [5.41, 5.74) is 3.39. The van der Waals surface area contributed by atoms with Crippen molar-refractivity contribution in [3.63, 3.8) is 0 Å². The second-order valence-electron chi connectivity index (χ2n) is 7.29. The van der Waals surface area contributed by atoms with Gasteiger partial charge in [-0.05, 0) is 37.1 Å². The molecule has 0 N–H and O–H groups in total. The molecule has 3 aromatic rings. The third-order valence-electron chi connectivity index (χ3n) is 4.97. The van der Waals surface area contributed by atoms with Gasteiger partial charge in [0.05, 0.1) is 10.6 Å². The average Bonchev–Trinajstić information content (AvgIpc) is 3.23. The maximum atomic E-state index is 13.4. The fourth-order valence-corrected chi connectivity index (χ4v) is 5.14. The SMILES string of the molecule is C=CCN(C(=O)c1cc(C)c(C)c(S(=O)(=O)N(C)C)c1)c1nc(-c2ccccc2)cs1. The number of thiazole rings is 1. The van der Waals surface area contributed by atoms with Gasteiger partial charge in [0, 0.05) is 37.1 Å². The molecule has 0 saturated heterocycles. The highest BCUT2D eigenvalue weighted by Crippen LogP contribution is 2.30. The number of benzene rings is 2. The molecule has 31 heavy (non-hydrogen) atoms.